The van der Waals surface area contributed by atoms with Crippen LogP contribution in [0.2, 0.25) is 0 Å². The summed E-state index contributed by atoms with van der Waals surface area (Å²) in [5.41, 5.74) is 1.76. The molecule has 4 nitrogen and oxygen atoms in total. The average Bonchev–Trinajstić information content (AvgIpc) is 2.26. The Hall–Kier alpha value is -1.10. The molecule has 0 aliphatic carbocycles. The molecule has 0 saturated carbocycles. The van der Waals surface area contributed by atoms with E-state index in [-0.39, 0.29) is 18.4 Å². The van der Waals surface area contributed by atoms with Crippen LogP contribution in [0.4, 0.5) is 0 Å². The second-order valence-corrected chi connectivity index (χ2v) is 4.42. The molecule has 1 aliphatic heterocycles. The van der Waals surface area contributed by atoms with E-state index in [0.29, 0.717) is 11.6 Å². The van der Waals surface area contributed by atoms with Gasteiger partial charge in [0.05, 0.1) is 12.7 Å². The first-order chi connectivity index (χ1) is 8.20. The van der Waals surface area contributed by atoms with Gasteiger partial charge in [0.1, 0.15) is 0 Å². The minimum Gasteiger partial charge on any atom is -0.465 e. The molecule has 1 fully saturated rings. The summed E-state index contributed by atoms with van der Waals surface area (Å²) >= 11 is 0. The molecule has 18 heavy (non-hydrogen) atoms. The van der Waals surface area contributed by atoms with E-state index in [2.05, 4.69) is 17.3 Å². The van der Waals surface area contributed by atoms with Gasteiger partial charge in [-0.15, -0.1) is 12.4 Å². The van der Waals surface area contributed by atoms with Crippen LogP contribution in [0.3, 0.4) is 0 Å². The van der Waals surface area contributed by atoms with Crippen LogP contribution in [-0.2, 0) is 11.3 Å². The number of benzene rings is 1. The van der Waals surface area contributed by atoms with Crippen molar-refractivity contribution in [3.63, 3.8) is 0 Å². The van der Waals surface area contributed by atoms with Crippen LogP contribution in [-0.4, -0.2) is 44.2 Å². The van der Waals surface area contributed by atoms with Crippen molar-refractivity contribution in [3.8, 4) is 0 Å². The van der Waals surface area contributed by atoms with Crippen LogP contribution in [0.1, 0.15) is 15.9 Å². The van der Waals surface area contributed by atoms with E-state index in [4.69, 9.17) is 4.74 Å². The summed E-state index contributed by atoms with van der Waals surface area (Å²) in [5, 5.41) is 3.25. The van der Waals surface area contributed by atoms with Crippen molar-refractivity contribution in [3.05, 3.63) is 35.4 Å². The highest BCUT2D eigenvalue weighted by molar-refractivity contribution is 5.89. The van der Waals surface area contributed by atoms with Crippen LogP contribution in [0, 0.1) is 0 Å². The number of likely N-dealkylation sites (N-methyl/N-ethyl adjacent to an activating group) is 1. The van der Waals surface area contributed by atoms with Gasteiger partial charge in [-0.3, -0.25) is 4.90 Å². The minimum atomic E-state index is -0.278. The molecule has 1 aromatic carbocycles. The van der Waals surface area contributed by atoms with Gasteiger partial charge in [0.25, 0.3) is 0 Å². The first kappa shape index (κ1) is 15.0. The van der Waals surface area contributed by atoms with Crippen LogP contribution >= 0.6 is 12.4 Å². The van der Waals surface area contributed by atoms with Crippen LogP contribution in [0.25, 0.3) is 0 Å². The number of hydrogen-bond acceptors (Lipinski definition) is 4. The summed E-state index contributed by atoms with van der Waals surface area (Å²) in [7, 11) is 3.51. The second-order valence-electron chi connectivity index (χ2n) is 4.42. The molecule has 2 rings (SSSR count). The highest BCUT2D eigenvalue weighted by Gasteiger charge is 2.21. The fourth-order valence-electron chi connectivity index (χ4n) is 1.92. The van der Waals surface area contributed by atoms with E-state index in [0.717, 1.165) is 25.2 Å². The third kappa shape index (κ3) is 3.45. The topological polar surface area (TPSA) is 41.6 Å². The molecule has 1 saturated heterocycles. The Morgan fingerprint density at radius 3 is 2.78 bits per heavy atom. The number of methoxy groups -OCH3 is 1. The molecule has 100 valence electrons. The lowest BCUT2D eigenvalue weighted by atomic mass is 10.1. The predicted octanol–water partition coefficient (Wildman–Crippen LogP) is 1.30. The number of nitrogens with zero attached hydrogens (tertiary/aromatic N) is 1. The molecule has 1 N–H and O–H groups in total. The molecule has 1 aromatic rings. The van der Waals surface area contributed by atoms with Gasteiger partial charge in [0, 0.05) is 25.7 Å². The van der Waals surface area contributed by atoms with Crippen molar-refractivity contribution in [1.82, 2.24) is 10.2 Å². The summed E-state index contributed by atoms with van der Waals surface area (Å²) in [6.45, 7) is 2.96. The summed E-state index contributed by atoms with van der Waals surface area (Å²) in [5.74, 6) is -0.278. The quantitative estimate of drug-likeness (QED) is 0.838. The molecule has 0 aromatic heterocycles. The van der Waals surface area contributed by atoms with Crippen molar-refractivity contribution in [2.45, 2.75) is 12.6 Å². The zero-order valence-corrected chi connectivity index (χ0v) is 11.5. The number of rotatable bonds is 4. The van der Waals surface area contributed by atoms with Crippen LogP contribution in [0.15, 0.2) is 24.3 Å². The Labute approximate surface area is 114 Å². The second kappa shape index (κ2) is 6.73. The van der Waals surface area contributed by atoms with Gasteiger partial charge in [-0.2, -0.15) is 0 Å². The summed E-state index contributed by atoms with van der Waals surface area (Å²) in [6, 6.07) is 8.22. The monoisotopic (exact) mass is 270 g/mol. The third-order valence-electron chi connectivity index (χ3n) is 3.16. The standard InChI is InChI=1S/C13H18N2O2.ClH/c1-15(12-7-14-8-12)9-10-4-3-5-11(6-10)13(16)17-2;/h3-6,12,14H,7-9H2,1-2H3;1H. The largest absolute Gasteiger partial charge is 0.465 e. The number of hydrogen-bond donors (Lipinski definition) is 1. The lowest BCUT2D eigenvalue weighted by Crippen LogP contribution is -2.55. The van der Waals surface area contributed by atoms with Crippen LogP contribution in [0.5, 0.6) is 0 Å². The molecule has 0 bridgehead atoms. The third-order valence-corrected chi connectivity index (χ3v) is 3.16. The van der Waals surface area contributed by atoms with E-state index in [9.17, 15) is 4.79 Å². The summed E-state index contributed by atoms with van der Waals surface area (Å²) < 4.78 is 4.71. The Morgan fingerprint density at radius 2 is 2.22 bits per heavy atom. The fraction of sp³-hybridized carbons (Fsp3) is 0.462. The molecule has 0 spiro atoms. The van der Waals surface area contributed by atoms with Crippen molar-refractivity contribution in [2.75, 3.05) is 27.2 Å². The fourth-order valence-corrected chi connectivity index (χ4v) is 1.92. The number of esters is 1. The molecular formula is C13H19ClN2O2. The Morgan fingerprint density at radius 1 is 1.50 bits per heavy atom. The molecule has 0 atom stereocenters. The van der Waals surface area contributed by atoms with Gasteiger partial charge in [-0.1, -0.05) is 12.1 Å². The van der Waals surface area contributed by atoms with Crippen molar-refractivity contribution in [2.24, 2.45) is 0 Å². The van der Waals surface area contributed by atoms with E-state index >= 15 is 0 Å². The van der Waals surface area contributed by atoms with E-state index in [1.54, 1.807) is 6.07 Å². The molecule has 1 aliphatic rings. The van der Waals surface area contributed by atoms with Crippen molar-refractivity contribution < 1.29 is 9.53 Å². The predicted molar refractivity (Wildman–Crippen MR) is 73.2 cm³/mol. The zero-order valence-electron chi connectivity index (χ0n) is 10.7. The zero-order chi connectivity index (χ0) is 12.3. The van der Waals surface area contributed by atoms with Crippen LogP contribution < -0.4 is 5.32 Å². The molecular weight excluding hydrogens is 252 g/mol. The number of ether oxygens (including phenoxy) is 1. The lowest BCUT2D eigenvalue weighted by molar-refractivity contribution is 0.0600. The van der Waals surface area contributed by atoms with Crippen molar-refractivity contribution >= 4 is 18.4 Å². The van der Waals surface area contributed by atoms with Gasteiger partial charge in [-0.25, -0.2) is 4.79 Å². The number of halogens is 1. The first-order valence-corrected chi connectivity index (χ1v) is 5.79. The highest BCUT2D eigenvalue weighted by atomic mass is 35.5. The Kier molecular flexibility index (Phi) is 5.59. The number of nitrogens with one attached hydrogen (secondary N) is 1. The SMILES string of the molecule is COC(=O)c1cccc(CN(C)C2CNC2)c1.Cl. The molecule has 0 radical (unpaired) electrons. The van der Waals surface area contributed by atoms with Gasteiger partial charge in [-0.05, 0) is 24.7 Å². The lowest BCUT2D eigenvalue weighted by Gasteiger charge is -2.35. The van der Waals surface area contributed by atoms with E-state index in [1.807, 2.05) is 18.2 Å². The number of carbonyl (C=O) groups is 1. The van der Waals surface area contributed by atoms with Gasteiger partial charge < -0.3 is 10.1 Å². The smallest absolute Gasteiger partial charge is 0.337 e. The van der Waals surface area contributed by atoms with Gasteiger partial charge in [0.15, 0.2) is 0 Å². The first-order valence-electron chi connectivity index (χ1n) is 5.79. The Bertz CT molecular complexity index is 408. The van der Waals surface area contributed by atoms with Crippen molar-refractivity contribution in [1.29, 1.82) is 0 Å². The van der Waals surface area contributed by atoms with E-state index in [1.165, 1.54) is 7.11 Å². The molecule has 0 unspecified atom stereocenters. The molecule has 1 heterocycles. The maximum Gasteiger partial charge on any atom is 0.337 e. The summed E-state index contributed by atoms with van der Waals surface area (Å²) in [4.78, 5) is 13.7. The molecule has 5 heteroatoms. The van der Waals surface area contributed by atoms with Gasteiger partial charge >= 0.3 is 5.97 Å². The van der Waals surface area contributed by atoms with Gasteiger partial charge in [0.2, 0.25) is 0 Å². The highest BCUT2D eigenvalue weighted by Crippen LogP contribution is 2.11. The van der Waals surface area contributed by atoms with E-state index < -0.39 is 0 Å². The molecule has 0 amide bonds. The number of carbonyl (C=O) groups excluding carboxylic acids is 1. The maximum atomic E-state index is 11.4. The summed E-state index contributed by atoms with van der Waals surface area (Å²) in [6.07, 6.45) is 0. The normalized spacial score (nSPS) is 14.8. The minimum absolute atomic E-state index is 0. The Balaban J connectivity index is 0.00000162. The maximum absolute atomic E-state index is 11.4. The average molecular weight is 271 g/mol.